The van der Waals surface area contributed by atoms with Crippen molar-refractivity contribution in [1.29, 1.82) is 0 Å². The van der Waals surface area contributed by atoms with Crippen LogP contribution in [0.4, 0.5) is 0 Å². The highest BCUT2D eigenvalue weighted by atomic mass is 32.1. The topological polar surface area (TPSA) is 49.2 Å². The Hall–Kier alpha value is -2.77. The van der Waals surface area contributed by atoms with Crippen molar-refractivity contribution in [1.82, 2.24) is 29.7 Å². The van der Waals surface area contributed by atoms with E-state index in [2.05, 4.69) is 68.1 Å². The van der Waals surface area contributed by atoms with E-state index in [4.69, 9.17) is 12.2 Å². The molecule has 1 saturated heterocycles. The first-order chi connectivity index (χ1) is 13.6. The highest BCUT2D eigenvalue weighted by Gasteiger charge is 2.41. The van der Waals surface area contributed by atoms with Crippen molar-refractivity contribution in [3.8, 4) is 5.69 Å². The Morgan fingerprint density at radius 3 is 2.61 bits per heavy atom. The van der Waals surface area contributed by atoms with Crippen LogP contribution in [0.1, 0.15) is 23.5 Å². The van der Waals surface area contributed by atoms with Crippen LogP contribution in [0.5, 0.6) is 0 Å². The first-order valence-corrected chi connectivity index (χ1v) is 9.76. The van der Waals surface area contributed by atoms with E-state index in [9.17, 15) is 0 Å². The second-order valence-corrected chi connectivity index (χ2v) is 7.52. The molecule has 0 bridgehead atoms. The van der Waals surface area contributed by atoms with Gasteiger partial charge in [0.2, 0.25) is 0 Å². The molecule has 3 aromatic heterocycles. The third kappa shape index (κ3) is 3.63. The number of nitrogens with zero attached hydrogens (tertiary/aromatic N) is 5. The summed E-state index contributed by atoms with van der Waals surface area (Å²) in [7, 11) is 4.16. The molecule has 0 amide bonds. The second kappa shape index (κ2) is 8.08. The predicted octanol–water partition coefficient (Wildman–Crippen LogP) is 2.80. The highest BCUT2D eigenvalue weighted by Crippen LogP contribution is 2.39. The van der Waals surface area contributed by atoms with E-state index in [1.165, 1.54) is 5.69 Å². The van der Waals surface area contributed by atoms with Crippen molar-refractivity contribution in [2.75, 3.05) is 27.2 Å². The van der Waals surface area contributed by atoms with E-state index in [-0.39, 0.29) is 12.1 Å². The molecule has 4 rings (SSSR count). The van der Waals surface area contributed by atoms with Crippen molar-refractivity contribution in [3.63, 3.8) is 0 Å². The Balaban J connectivity index is 1.77. The maximum Gasteiger partial charge on any atom is 0.170 e. The van der Waals surface area contributed by atoms with Crippen LogP contribution >= 0.6 is 12.2 Å². The first kappa shape index (κ1) is 18.6. The van der Waals surface area contributed by atoms with Gasteiger partial charge >= 0.3 is 0 Å². The third-order valence-electron chi connectivity index (χ3n) is 5.01. The van der Waals surface area contributed by atoms with Gasteiger partial charge in [0.05, 0.1) is 17.8 Å². The molecule has 3 aromatic rings. The van der Waals surface area contributed by atoms with Crippen LogP contribution in [0.3, 0.4) is 0 Å². The summed E-state index contributed by atoms with van der Waals surface area (Å²) in [5.74, 6) is 0. The Labute approximate surface area is 170 Å². The normalized spacial score (nSPS) is 19.2. The molecule has 0 aliphatic carbocycles. The SMILES string of the molecule is CN(C)CCN1C(=S)NC(c2ccccn2)C1c1cccn1-c1ccncc1. The monoisotopic (exact) mass is 392 g/mol. The molecule has 4 heterocycles. The fourth-order valence-electron chi connectivity index (χ4n) is 3.65. The van der Waals surface area contributed by atoms with Gasteiger partial charge in [-0.3, -0.25) is 9.97 Å². The van der Waals surface area contributed by atoms with Crippen LogP contribution in [0.2, 0.25) is 0 Å². The van der Waals surface area contributed by atoms with Crippen LogP contribution in [0.15, 0.2) is 67.3 Å². The Kier molecular flexibility index (Phi) is 5.36. The minimum absolute atomic E-state index is 0.00801. The first-order valence-electron chi connectivity index (χ1n) is 9.35. The van der Waals surface area contributed by atoms with Crippen LogP contribution in [-0.2, 0) is 0 Å². The van der Waals surface area contributed by atoms with Gasteiger partial charge in [0.25, 0.3) is 0 Å². The summed E-state index contributed by atoms with van der Waals surface area (Å²) in [6.45, 7) is 1.76. The lowest BCUT2D eigenvalue weighted by Crippen LogP contribution is -2.36. The smallest absolute Gasteiger partial charge is 0.170 e. The molecule has 28 heavy (non-hydrogen) atoms. The number of aromatic nitrogens is 3. The molecule has 6 nitrogen and oxygen atoms in total. The van der Waals surface area contributed by atoms with E-state index >= 15 is 0 Å². The van der Waals surface area contributed by atoms with Crippen LogP contribution in [-0.4, -0.2) is 56.6 Å². The minimum atomic E-state index is -0.00801. The molecule has 0 aromatic carbocycles. The van der Waals surface area contributed by atoms with Crippen molar-refractivity contribution >= 4 is 17.3 Å². The molecule has 1 aliphatic heterocycles. The Morgan fingerprint density at radius 1 is 1.07 bits per heavy atom. The molecule has 1 fully saturated rings. The number of likely N-dealkylation sites (N-methyl/N-ethyl adjacent to an activating group) is 1. The zero-order chi connectivity index (χ0) is 19.5. The molecule has 1 aliphatic rings. The van der Waals surface area contributed by atoms with Gasteiger partial charge in [-0.2, -0.15) is 0 Å². The van der Waals surface area contributed by atoms with Crippen LogP contribution < -0.4 is 5.32 Å². The number of nitrogens with one attached hydrogen (secondary N) is 1. The lowest BCUT2D eigenvalue weighted by molar-refractivity contribution is 0.272. The van der Waals surface area contributed by atoms with Gasteiger partial charge in [-0.05, 0) is 62.7 Å². The summed E-state index contributed by atoms with van der Waals surface area (Å²) in [6, 6.07) is 14.3. The van der Waals surface area contributed by atoms with Crippen molar-refractivity contribution in [2.45, 2.75) is 12.1 Å². The van der Waals surface area contributed by atoms with Gasteiger partial charge in [0.1, 0.15) is 0 Å². The minimum Gasteiger partial charge on any atom is -0.352 e. The number of pyridine rings is 2. The second-order valence-electron chi connectivity index (χ2n) is 7.13. The zero-order valence-corrected chi connectivity index (χ0v) is 16.9. The Morgan fingerprint density at radius 2 is 1.89 bits per heavy atom. The quantitative estimate of drug-likeness (QED) is 0.651. The lowest BCUT2D eigenvalue weighted by atomic mass is 10.0. The molecule has 144 valence electrons. The van der Waals surface area contributed by atoms with E-state index < -0.39 is 0 Å². The van der Waals surface area contributed by atoms with E-state index in [1.807, 2.05) is 42.9 Å². The number of hydrogen-bond donors (Lipinski definition) is 1. The Bertz CT molecular complexity index is 924. The van der Waals surface area contributed by atoms with Gasteiger partial charge in [-0.25, -0.2) is 0 Å². The summed E-state index contributed by atoms with van der Waals surface area (Å²) >= 11 is 5.73. The van der Waals surface area contributed by atoms with Gasteiger partial charge < -0.3 is 19.7 Å². The van der Waals surface area contributed by atoms with Gasteiger partial charge in [0, 0.05) is 49.3 Å². The largest absolute Gasteiger partial charge is 0.352 e. The van der Waals surface area contributed by atoms with Gasteiger partial charge in [-0.1, -0.05) is 6.07 Å². The molecule has 0 radical (unpaired) electrons. The number of rotatable bonds is 6. The maximum atomic E-state index is 5.73. The summed E-state index contributed by atoms with van der Waals surface area (Å²) in [5.41, 5.74) is 3.25. The van der Waals surface area contributed by atoms with Crippen LogP contribution in [0.25, 0.3) is 5.69 Å². The van der Waals surface area contributed by atoms with Crippen molar-refractivity contribution in [3.05, 3.63) is 78.6 Å². The predicted molar refractivity (Wildman–Crippen MR) is 114 cm³/mol. The highest BCUT2D eigenvalue weighted by molar-refractivity contribution is 7.80. The van der Waals surface area contributed by atoms with Gasteiger partial charge in [0.15, 0.2) is 5.11 Å². The summed E-state index contributed by atoms with van der Waals surface area (Å²) in [6.07, 6.45) is 7.56. The summed E-state index contributed by atoms with van der Waals surface area (Å²) < 4.78 is 2.21. The van der Waals surface area contributed by atoms with Crippen molar-refractivity contribution in [2.24, 2.45) is 0 Å². The molecule has 0 saturated carbocycles. The summed E-state index contributed by atoms with van der Waals surface area (Å²) in [5, 5.41) is 4.28. The average Bonchev–Trinajstić information content (AvgIpc) is 3.32. The van der Waals surface area contributed by atoms with Crippen molar-refractivity contribution < 1.29 is 0 Å². The fourth-order valence-corrected chi connectivity index (χ4v) is 3.98. The van der Waals surface area contributed by atoms with E-state index in [1.54, 1.807) is 0 Å². The zero-order valence-electron chi connectivity index (χ0n) is 16.1. The van der Waals surface area contributed by atoms with E-state index in [0.29, 0.717) is 0 Å². The molecule has 7 heteroatoms. The fraction of sp³-hybridized carbons (Fsp3) is 0.286. The van der Waals surface area contributed by atoms with Gasteiger partial charge in [-0.15, -0.1) is 0 Å². The molecule has 1 N–H and O–H groups in total. The number of hydrogen-bond acceptors (Lipinski definition) is 4. The third-order valence-corrected chi connectivity index (χ3v) is 5.36. The number of thiocarbonyl (C=S) groups is 1. The van der Waals surface area contributed by atoms with E-state index in [0.717, 1.165) is 29.6 Å². The molecular formula is C21H24N6S. The lowest BCUT2D eigenvalue weighted by Gasteiger charge is -2.29. The average molecular weight is 393 g/mol. The van der Waals surface area contributed by atoms with Crippen LogP contribution in [0, 0.1) is 0 Å². The maximum absolute atomic E-state index is 5.73. The molecular weight excluding hydrogens is 368 g/mol. The molecule has 2 unspecified atom stereocenters. The summed E-state index contributed by atoms with van der Waals surface area (Å²) in [4.78, 5) is 13.2. The molecule has 0 spiro atoms. The standard InChI is InChI=1S/C21H24N6S/c1-25(2)14-15-27-20(19(24-21(27)28)17-6-3-4-10-23-17)18-7-5-13-26(18)16-8-11-22-12-9-16/h3-13,19-20H,14-15H2,1-2H3,(H,24,28). The molecule has 2 atom stereocenters.